The van der Waals surface area contributed by atoms with E-state index >= 15 is 0 Å². The molecule has 0 aromatic heterocycles. The van der Waals surface area contributed by atoms with Crippen molar-refractivity contribution in [3.8, 4) is 0 Å². The zero-order valence-corrected chi connectivity index (χ0v) is 24.0. The fourth-order valence-electron chi connectivity index (χ4n) is 5.19. The highest BCUT2D eigenvalue weighted by atomic mass is 19.4. The zero-order chi connectivity index (χ0) is 32.2. The number of halogens is 6. The number of carboxylic acids is 1. The van der Waals surface area contributed by atoms with Gasteiger partial charge in [-0.2, -0.15) is 26.3 Å². The third kappa shape index (κ3) is 9.62. The number of carboxylic acid groups (broad SMARTS) is 1. The third-order valence-electron chi connectivity index (χ3n) is 7.66. The summed E-state index contributed by atoms with van der Waals surface area (Å²) in [6, 6.07) is 5.91. The van der Waals surface area contributed by atoms with Crippen LogP contribution >= 0.6 is 0 Å². The average molecular weight is 616 g/mol. The lowest BCUT2D eigenvalue weighted by Gasteiger charge is -2.41. The van der Waals surface area contributed by atoms with Gasteiger partial charge in [0.15, 0.2) is 0 Å². The fourth-order valence-corrected chi connectivity index (χ4v) is 5.19. The molecule has 43 heavy (non-hydrogen) atoms. The van der Waals surface area contributed by atoms with Crippen molar-refractivity contribution in [2.24, 2.45) is 11.3 Å². The number of aliphatic carboxylic acids is 1. The standard InChI is InChI=1S/C30H35F6N3O4/c1-28(2,3)20-8-10-24(11-9-20)39(17-18-4-6-19(7-5-18)26(42)37-13-12-25(40)41)27(43)38-23-15-21(29(31,32)33)14-22(16-23)30(34,35)36/h4-7,14-16,20,24H,8-13,17H2,1-3H3,(H,37,42)(H,38,43)(H,40,41). The van der Waals surface area contributed by atoms with Gasteiger partial charge in [-0.1, -0.05) is 32.9 Å². The Morgan fingerprint density at radius 1 is 0.860 bits per heavy atom. The molecule has 13 heteroatoms. The van der Waals surface area contributed by atoms with Gasteiger partial charge in [-0.05, 0) is 72.9 Å². The summed E-state index contributed by atoms with van der Waals surface area (Å²) in [6.07, 6.45) is -7.61. The molecule has 236 valence electrons. The van der Waals surface area contributed by atoms with Crippen LogP contribution in [0.4, 0.5) is 36.8 Å². The number of carbonyl (C=O) groups excluding carboxylic acids is 2. The highest BCUT2D eigenvalue weighted by molar-refractivity contribution is 5.94. The van der Waals surface area contributed by atoms with E-state index < -0.39 is 47.1 Å². The smallest absolute Gasteiger partial charge is 0.416 e. The van der Waals surface area contributed by atoms with E-state index in [2.05, 4.69) is 31.4 Å². The predicted molar refractivity (Wildman–Crippen MR) is 147 cm³/mol. The van der Waals surface area contributed by atoms with Gasteiger partial charge in [-0.3, -0.25) is 9.59 Å². The summed E-state index contributed by atoms with van der Waals surface area (Å²) >= 11 is 0. The number of alkyl halides is 6. The van der Waals surface area contributed by atoms with Gasteiger partial charge >= 0.3 is 24.4 Å². The summed E-state index contributed by atoms with van der Waals surface area (Å²) in [5.74, 6) is -1.18. The van der Waals surface area contributed by atoms with Crippen LogP contribution in [0.5, 0.6) is 0 Å². The molecule has 1 saturated carbocycles. The van der Waals surface area contributed by atoms with Crippen LogP contribution in [0.1, 0.15) is 79.9 Å². The summed E-state index contributed by atoms with van der Waals surface area (Å²) in [6.45, 7) is 6.28. The second-order valence-corrected chi connectivity index (χ2v) is 11.8. The van der Waals surface area contributed by atoms with Crippen molar-refractivity contribution < 1.29 is 45.8 Å². The molecule has 0 aliphatic heterocycles. The van der Waals surface area contributed by atoms with Crippen molar-refractivity contribution in [3.63, 3.8) is 0 Å². The summed E-state index contributed by atoms with van der Waals surface area (Å²) < 4.78 is 80.4. The quantitative estimate of drug-likeness (QED) is 0.267. The summed E-state index contributed by atoms with van der Waals surface area (Å²) in [7, 11) is 0. The van der Waals surface area contributed by atoms with E-state index in [0.29, 0.717) is 36.5 Å². The van der Waals surface area contributed by atoms with Gasteiger partial charge in [-0.25, -0.2) is 4.79 Å². The molecule has 0 radical (unpaired) electrons. The SMILES string of the molecule is CC(C)(C)C1CCC(N(Cc2ccc(C(=O)NCCC(=O)O)cc2)C(=O)Nc2cc(C(F)(F)F)cc(C(F)(F)F)c2)CC1. The molecular weight excluding hydrogens is 580 g/mol. The number of nitrogens with one attached hydrogen (secondary N) is 2. The van der Waals surface area contributed by atoms with Gasteiger partial charge < -0.3 is 20.6 Å². The summed E-state index contributed by atoms with van der Waals surface area (Å²) in [5.41, 5.74) is -2.84. The number of carbonyl (C=O) groups is 3. The normalized spacial score (nSPS) is 17.7. The molecule has 2 aromatic rings. The monoisotopic (exact) mass is 615 g/mol. The number of benzene rings is 2. The molecule has 1 aliphatic rings. The van der Waals surface area contributed by atoms with Crippen LogP contribution in [0.25, 0.3) is 0 Å². The number of urea groups is 1. The molecule has 0 atom stereocenters. The van der Waals surface area contributed by atoms with Crippen molar-refractivity contribution in [1.29, 1.82) is 0 Å². The largest absolute Gasteiger partial charge is 0.481 e. The first-order valence-electron chi connectivity index (χ1n) is 13.8. The number of hydrogen-bond acceptors (Lipinski definition) is 3. The van der Waals surface area contributed by atoms with Gasteiger partial charge in [-0.15, -0.1) is 0 Å². The minimum absolute atomic E-state index is 0.000570. The lowest BCUT2D eigenvalue weighted by atomic mass is 9.71. The van der Waals surface area contributed by atoms with Crippen LogP contribution in [-0.2, 0) is 23.7 Å². The van der Waals surface area contributed by atoms with E-state index in [1.165, 1.54) is 17.0 Å². The maximum Gasteiger partial charge on any atom is 0.416 e. The Kier molecular flexibility index (Phi) is 10.4. The Bertz CT molecular complexity index is 1260. The number of hydrogen-bond donors (Lipinski definition) is 3. The molecular formula is C30H35F6N3O4. The maximum atomic E-state index is 13.5. The number of rotatable bonds is 8. The molecule has 3 N–H and O–H groups in total. The first kappa shape index (κ1) is 33.7. The van der Waals surface area contributed by atoms with Crippen molar-refractivity contribution >= 4 is 23.6 Å². The first-order valence-corrected chi connectivity index (χ1v) is 13.8. The van der Waals surface area contributed by atoms with E-state index in [4.69, 9.17) is 5.11 Å². The van der Waals surface area contributed by atoms with Crippen LogP contribution in [0.3, 0.4) is 0 Å². The molecule has 0 unspecified atom stereocenters. The highest BCUT2D eigenvalue weighted by Gasteiger charge is 2.38. The molecule has 3 rings (SSSR count). The first-order chi connectivity index (χ1) is 19.8. The Hall–Kier alpha value is -3.77. The van der Waals surface area contributed by atoms with Gasteiger partial charge in [0.25, 0.3) is 5.91 Å². The summed E-state index contributed by atoms with van der Waals surface area (Å²) in [5, 5.41) is 13.5. The van der Waals surface area contributed by atoms with Crippen molar-refractivity contribution in [2.45, 2.75) is 77.8 Å². The Morgan fingerprint density at radius 3 is 1.86 bits per heavy atom. The fraction of sp³-hybridized carbons (Fsp3) is 0.500. The van der Waals surface area contributed by atoms with Crippen LogP contribution in [0, 0.1) is 11.3 Å². The molecule has 1 aliphatic carbocycles. The Balaban J connectivity index is 1.86. The van der Waals surface area contributed by atoms with E-state index in [9.17, 15) is 40.7 Å². The van der Waals surface area contributed by atoms with E-state index in [1.54, 1.807) is 12.1 Å². The highest BCUT2D eigenvalue weighted by Crippen LogP contribution is 2.40. The number of nitrogens with zero attached hydrogens (tertiary/aromatic N) is 1. The topological polar surface area (TPSA) is 98.7 Å². The van der Waals surface area contributed by atoms with Gasteiger partial charge in [0.2, 0.25) is 0 Å². The van der Waals surface area contributed by atoms with Gasteiger partial charge in [0, 0.05) is 30.4 Å². The second-order valence-electron chi connectivity index (χ2n) is 11.8. The van der Waals surface area contributed by atoms with Crippen molar-refractivity contribution in [1.82, 2.24) is 10.2 Å². The Labute approximate surface area is 245 Å². The molecule has 2 aromatic carbocycles. The molecule has 0 heterocycles. The van der Waals surface area contributed by atoms with Crippen LogP contribution in [-0.4, -0.2) is 40.5 Å². The van der Waals surface area contributed by atoms with E-state index in [-0.39, 0.29) is 42.6 Å². The van der Waals surface area contributed by atoms with E-state index in [1.807, 2.05) is 0 Å². The lowest BCUT2D eigenvalue weighted by molar-refractivity contribution is -0.143. The third-order valence-corrected chi connectivity index (χ3v) is 7.66. The maximum absolute atomic E-state index is 13.5. The van der Waals surface area contributed by atoms with Crippen LogP contribution < -0.4 is 10.6 Å². The molecule has 1 fully saturated rings. The molecule has 0 spiro atoms. The van der Waals surface area contributed by atoms with Crippen LogP contribution in [0.2, 0.25) is 0 Å². The minimum Gasteiger partial charge on any atom is -0.481 e. The molecule has 0 saturated heterocycles. The molecule has 7 nitrogen and oxygen atoms in total. The lowest BCUT2D eigenvalue weighted by Crippen LogP contribution is -2.45. The number of anilines is 1. The van der Waals surface area contributed by atoms with E-state index in [0.717, 1.165) is 12.8 Å². The van der Waals surface area contributed by atoms with Crippen molar-refractivity contribution in [2.75, 3.05) is 11.9 Å². The zero-order valence-electron chi connectivity index (χ0n) is 24.0. The second kappa shape index (κ2) is 13.3. The average Bonchev–Trinajstić information content (AvgIpc) is 2.90. The predicted octanol–water partition coefficient (Wildman–Crippen LogP) is 7.57. The van der Waals surface area contributed by atoms with Crippen molar-refractivity contribution in [3.05, 3.63) is 64.7 Å². The number of amides is 3. The Morgan fingerprint density at radius 2 is 1.40 bits per heavy atom. The minimum atomic E-state index is -5.06. The molecule has 3 amide bonds. The van der Waals surface area contributed by atoms with Gasteiger partial charge in [0.05, 0.1) is 17.5 Å². The van der Waals surface area contributed by atoms with Crippen LogP contribution in [0.15, 0.2) is 42.5 Å². The molecule has 0 bridgehead atoms. The summed E-state index contributed by atoms with van der Waals surface area (Å²) in [4.78, 5) is 37.9. The van der Waals surface area contributed by atoms with Gasteiger partial charge in [0.1, 0.15) is 0 Å².